The highest BCUT2D eigenvalue weighted by atomic mass is 79.9. The van der Waals surface area contributed by atoms with Crippen LogP contribution in [0.25, 0.3) is 0 Å². The summed E-state index contributed by atoms with van der Waals surface area (Å²) >= 11 is 3.17. The fourth-order valence-corrected chi connectivity index (χ4v) is 2.25. The van der Waals surface area contributed by atoms with Gasteiger partial charge >= 0.3 is 0 Å². The molecule has 0 radical (unpaired) electrons. The van der Waals surface area contributed by atoms with Crippen molar-refractivity contribution in [2.24, 2.45) is 11.1 Å². The molecule has 17 heavy (non-hydrogen) atoms. The molecule has 1 fully saturated rings. The zero-order chi connectivity index (χ0) is 12.4. The lowest BCUT2D eigenvalue weighted by molar-refractivity contribution is 0.0700. The zero-order valence-electron chi connectivity index (χ0n) is 9.39. The van der Waals surface area contributed by atoms with Gasteiger partial charge in [-0.15, -0.1) is 0 Å². The van der Waals surface area contributed by atoms with Gasteiger partial charge in [0, 0.05) is 25.4 Å². The number of piperidine rings is 1. The molecular formula is C11H13BrN2O3. The van der Waals surface area contributed by atoms with Crippen molar-refractivity contribution in [3.63, 3.8) is 0 Å². The summed E-state index contributed by atoms with van der Waals surface area (Å²) in [4.78, 5) is 13.8. The third-order valence-corrected chi connectivity index (χ3v) is 3.33. The minimum atomic E-state index is -0.125. The second kappa shape index (κ2) is 4.91. The normalized spacial score (nSPS) is 23.1. The van der Waals surface area contributed by atoms with Crippen LogP contribution in [0.1, 0.15) is 23.9 Å². The van der Waals surface area contributed by atoms with Gasteiger partial charge in [-0.1, -0.05) is 12.1 Å². The van der Waals surface area contributed by atoms with Crippen LogP contribution in [0.5, 0.6) is 0 Å². The quantitative estimate of drug-likeness (QED) is 0.639. The first kappa shape index (κ1) is 12.2. The lowest BCUT2D eigenvalue weighted by atomic mass is 9.97. The zero-order valence-corrected chi connectivity index (χ0v) is 11.0. The first-order chi connectivity index (χ1) is 8.11. The van der Waals surface area contributed by atoms with Crippen LogP contribution in [0, 0.1) is 5.92 Å². The maximum atomic E-state index is 12.1. The molecule has 1 aromatic rings. The van der Waals surface area contributed by atoms with E-state index in [-0.39, 0.29) is 11.8 Å². The molecule has 1 saturated heterocycles. The molecule has 1 aromatic heterocycles. The standard InChI is InChI=1S/C11H13BrN2O3/c1-7-6-14(5-4-8(7)13-16)11(15)9-2-3-10(12)17-9/h2-3,7,16H,4-6H2,1H3/b13-8+. The fourth-order valence-electron chi connectivity index (χ4n) is 1.94. The molecule has 1 amide bonds. The molecule has 2 heterocycles. The summed E-state index contributed by atoms with van der Waals surface area (Å²) in [5.41, 5.74) is 0.745. The second-order valence-electron chi connectivity index (χ2n) is 4.10. The molecule has 1 atom stereocenters. The highest BCUT2D eigenvalue weighted by molar-refractivity contribution is 9.10. The van der Waals surface area contributed by atoms with Crippen molar-refractivity contribution in [3.05, 3.63) is 22.6 Å². The minimum absolute atomic E-state index is 0.0797. The van der Waals surface area contributed by atoms with Gasteiger partial charge in [0.15, 0.2) is 10.4 Å². The lowest BCUT2D eigenvalue weighted by Crippen LogP contribution is -2.43. The SMILES string of the molecule is CC1CN(C(=O)c2ccc(Br)o2)CC/C1=N\O. The molecular weight excluding hydrogens is 288 g/mol. The Morgan fingerprint density at radius 1 is 1.65 bits per heavy atom. The Balaban J connectivity index is 2.07. The summed E-state index contributed by atoms with van der Waals surface area (Å²) in [6.45, 7) is 3.05. The van der Waals surface area contributed by atoms with Crippen LogP contribution in [-0.4, -0.2) is 34.8 Å². The summed E-state index contributed by atoms with van der Waals surface area (Å²) < 4.78 is 5.78. The van der Waals surface area contributed by atoms with Crippen LogP contribution >= 0.6 is 15.9 Å². The Hall–Kier alpha value is -1.30. The number of amides is 1. The summed E-state index contributed by atoms with van der Waals surface area (Å²) in [5.74, 6) is 0.282. The van der Waals surface area contributed by atoms with E-state index in [4.69, 9.17) is 9.62 Å². The highest BCUT2D eigenvalue weighted by Gasteiger charge is 2.27. The van der Waals surface area contributed by atoms with E-state index in [1.54, 1.807) is 17.0 Å². The molecule has 1 aliphatic heterocycles. The van der Waals surface area contributed by atoms with Crippen molar-refractivity contribution in [2.45, 2.75) is 13.3 Å². The number of oxime groups is 1. The molecule has 1 unspecified atom stereocenters. The van der Waals surface area contributed by atoms with Gasteiger partial charge in [-0.25, -0.2) is 0 Å². The van der Waals surface area contributed by atoms with Crippen molar-refractivity contribution >= 4 is 27.5 Å². The molecule has 1 N–H and O–H groups in total. The molecule has 1 aliphatic rings. The topological polar surface area (TPSA) is 66.0 Å². The number of carbonyl (C=O) groups excluding carboxylic acids is 1. The monoisotopic (exact) mass is 300 g/mol. The van der Waals surface area contributed by atoms with E-state index in [1.165, 1.54) is 0 Å². The molecule has 0 aromatic carbocycles. The molecule has 0 aliphatic carbocycles. The van der Waals surface area contributed by atoms with Gasteiger partial charge in [0.2, 0.25) is 0 Å². The highest BCUT2D eigenvalue weighted by Crippen LogP contribution is 2.19. The Morgan fingerprint density at radius 3 is 2.94 bits per heavy atom. The predicted octanol–water partition coefficient (Wildman–Crippen LogP) is 2.35. The van der Waals surface area contributed by atoms with E-state index in [1.807, 2.05) is 6.92 Å². The molecule has 0 bridgehead atoms. The van der Waals surface area contributed by atoms with Crippen LogP contribution in [0.3, 0.4) is 0 Å². The van der Waals surface area contributed by atoms with Gasteiger partial charge < -0.3 is 14.5 Å². The average molecular weight is 301 g/mol. The summed E-state index contributed by atoms with van der Waals surface area (Å²) in [6.07, 6.45) is 0.602. The maximum absolute atomic E-state index is 12.1. The molecule has 5 nitrogen and oxygen atoms in total. The Morgan fingerprint density at radius 2 is 2.41 bits per heavy atom. The molecule has 92 valence electrons. The van der Waals surface area contributed by atoms with E-state index >= 15 is 0 Å². The predicted molar refractivity (Wildman–Crippen MR) is 65.3 cm³/mol. The first-order valence-corrected chi connectivity index (χ1v) is 6.16. The average Bonchev–Trinajstić information content (AvgIpc) is 2.75. The van der Waals surface area contributed by atoms with Gasteiger partial charge in [-0.2, -0.15) is 0 Å². The van der Waals surface area contributed by atoms with Crippen molar-refractivity contribution < 1.29 is 14.4 Å². The van der Waals surface area contributed by atoms with Crippen molar-refractivity contribution in [3.8, 4) is 0 Å². The third kappa shape index (κ3) is 2.52. The smallest absolute Gasteiger partial charge is 0.289 e. The van der Waals surface area contributed by atoms with E-state index in [2.05, 4.69) is 21.1 Å². The van der Waals surface area contributed by atoms with Crippen molar-refractivity contribution in [1.82, 2.24) is 4.90 Å². The number of hydrogen-bond donors (Lipinski definition) is 1. The van der Waals surface area contributed by atoms with Crippen LogP contribution in [-0.2, 0) is 0 Å². The number of furan rings is 1. The van der Waals surface area contributed by atoms with Gasteiger partial charge in [0.1, 0.15) is 0 Å². The lowest BCUT2D eigenvalue weighted by Gasteiger charge is -2.30. The van der Waals surface area contributed by atoms with Crippen molar-refractivity contribution in [2.75, 3.05) is 13.1 Å². The van der Waals surface area contributed by atoms with Crippen LogP contribution < -0.4 is 0 Å². The van der Waals surface area contributed by atoms with Gasteiger partial charge in [0.25, 0.3) is 5.91 Å². The van der Waals surface area contributed by atoms with Crippen molar-refractivity contribution in [1.29, 1.82) is 0 Å². The molecule has 6 heteroatoms. The molecule has 2 rings (SSSR count). The van der Waals surface area contributed by atoms with E-state index in [0.29, 0.717) is 29.9 Å². The van der Waals surface area contributed by atoms with E-state index in [9.17, 15) is 4.79 Å². The third-order valence-electron chi connectivity index (χ3n) is 2.90. The van der Waals surface area contributed by atoms with E-state index < -0.39 is 0 Å². The largest absolute Gasteiger partial charge is 0.444 e. The Kier molecular flexibility index (Phi) is 3.51. The van der Waals surface area contributed by atoms with E-state index in [0.717, 1.165) is 5.71 Å². The van der Waals surface area contributed by atoms with Crippen LogP contribution in [0.15, 0.2) is 26.4 Å². The summed E-state index contributed by atoms with van der Waals surface area (Å²) in [5, 5.41) is 12.0. The number of carbonyl (C=O) groups is 1. The summed E-state index contributed by atoms with van der Waals surface area (Å²) in [7, 11) is 0. The van der Waals surface area contributed by atoms with Gasteiger partial charge in [-0.3, -0.25) is 4.79 Å². The first-order valence-electron chi connectivity index (χ1n) is 5.37. The maximum Gasteiger partial charge on any atom is 0.289 e. The fraction of sp³-hybridized carbons (Fsp3) is 0.455. The Labute approximate surface area is 107 Å². The minimum Gasteiger partial charge on any atom is -0.444 e. The van der Waals surface area contributed by atoms with Crippen LogP contribution in [0.4, 0.5) is 0 Å². The van der Waals surface area contributed by atoms with Gasteiger partial charge in [0.05, 0.1) is 5.71 Å². The number of nitrogens with zero attached hydrogens (tertiary/aromatic N) is 2. The van der Waals surface area contributed by atoms with Gasteiger partial charge in [-0.05, 0) is 28.1 Å². The second-order valence-corrected chi connectivity index (χ2v) is 4.88. The van der Waals surface area contributed by atoms with Crippen LogP contribution in [0.2, 0.25) is 0 Å². The number of hydrogen-bond acceptors (Lipinski definition) is 4. The number of likely N-dealkylation sites (tertiary alicyclic amines) is 1. The Bertz CT molecular complexity index is 455. The summed E-state index contributed by atoms with van der Waals surface area (Å²) in [6, 6.07) is 3.34. The molecule has 0 spiro atoms. The number of rotatable bonds is 1. The molecule has 0 saturated carbocycles. The number of halogens is 1.